The molecule has 0 radical (unpaired) electrons. The summed E-state index contributed by atoms with van der Waals surface area (Å²) in [5.74, 6) is -29.3. The third-order valence-corrected chi connectivity index (χ3v) is 11.1. The van der Waals surface area contributed by atoms with E-state index in [1.165, 1.54) is 0 Å². The molecule has 5 heterocycles. The van der Waals surface area contributed by atoms with Crippen molar-refractivity contribution in [1.82, 2.24) is 0 Å². The summed E-state index contributed by atoms with van der Waals surface area (Å²) < 4.78 is 32.7. The van der Waals surface area contributed by atoms with Crippen LogP contribution in [-0.2, 0) is 18.9 Å². The summed E-state index contributed by atoms with van der Waals surface area (Å²) in [4.78, 5) is 70.3. The Hall–Kier alpha value is -9.43. The Balaban J connectivity index is 1.26. The zero-order chi connectivity index (χ0) is 48.6. The van der Waals surface area contributed by atoms with Crippen LogP contribution in [0, 0.1) is 0 Å². The van der Waals surface area contributed by atoms with E-state index in [2.05, 4.69) is 0 Å². The maximum Gasteiger partial charge on any atom is 0.347 e. The van der Waals surface area contributed by atoms with Crippen LogP contribution < -0.4 is 9.47 Å². The molecule has 26 nitrogen and oxygen atoms in total. The van der Waals surface area contributed by atoms with Crippen molar-refractivity contribution in [3.63, 3.8) is 0 Å². The standard InChI is InChI=1S/C41H26O26/c42-10-1-6-15(24(50)21(10)47)17-8(3-13(45)32-34(17)65-40(60)9-4-12(44)23(49)30(56)31(9)63-32)37(57)62-5-14(46)33(64-38(6)58)36-35-28(54)20-19(41(61)66-35)18(26(52)29(55)27(20)53)16-7(39(59)67-36)2-11(43)22(48)25(16)51/h1-4,14,28,33,35-36,42-56H,5H2/t14-,28-,33+,35-,36-/m1/s1. The highest BCUT2D eigenvalue weighted by Gasteiger charge is 2.53. The fraction of sp³-hybridized carbons (Fsp3) is 0.146. The van der Waals surface area contributed by atoms with E-state index in [1.54, 1.807) is 0 Å². The Kier molecular flexibility index (Phi) is 9.31. The van der Waals surface area contributed by atoms with Gasteiger partial charge in [0.15, 0.2) is 75.8 Å². The lowest BCUT2D eigenvalue weighted by molar-refractivity contribution is -0.153. The fourth-order valence-corrected chi connectivity index (χ4v) is 8.01. The normalized spacial score (nSPS) is 20.6. The number of aliphatic hydroxyl groups excluding tert-OH is 2. The summed E-state index contributed by atoms with van der Waals surface area (Å²) in [5, 5.41) is 163. The van der Waals surface area contributed by atoms with Crippen LogP contribution in [0.25, 0.3) is 22.3 Å². The Morgan fingerprint density at radius 3 is 1.45 bits per heavy atom. The molecule has 0 aliphatic carbocycles. The fourth-order valence-electron chi connectivity index (χ4n) is 8.01. The van der Waals surface area contributed by atoms with E-state index in [9.17, 15) is 101 Å². The van der Waals surface area contributed by atoms with Crippen LogP contribution in [0.15, 0.2) is 24.3 Å². The number of aromatic hydroxyl groups is 13. The van der Waals surface area contributed by atoms with Gasteiger partial charge in [-0.2, -0.15) is 0 Å². The number of carbonyl (C=O) groups excluding carboxylic acids is 5. The number of esters is 5. The maximum atomic E-state index is 14.6. The number of hydrogen-bond donors (Lipinski definition) is 15. The molecule has 4 bridgehead atoms. The van der Waals surface area contributed by atoms with Gasteiger partial charge in [0, 0.05) is 33.9 Å². The van der Waals surface area contributed by atoms with E-state index < -0.39 is 215 Å². The third-order valence-electron chi connectivity index (χ3n) is 11.1. The molecule has 5 atom stereocenters. The predicted octanol–water partition coefficient (Wildman–Crippen LogP) is 1.39. The summed E-state index contributed by atoms with van der Waals surface area (Å²) in [6, 6.07) is 1.84. The summed E-state index contributed by atoms with van der Waals surface area (Å²) in [7, 11) is 0. The van der Waals surface area contributed by atoms with E-state index in [-0.39, 0.29) is 0 Å². The third kappa shape index (κ3) is 6.00. The zero-order valence-corrected chi connectivity index (χ0v) is 32.6. The molecule has 10 rings (SSSR count). The van der Waals surface area contributed by atoms with E-state index in [0.29, 0.717) is 24.3 Å². The number of cyclic esters (lactones) is 2. The van der Waals surface area contributed by atoms with Crippen molar-refractivity contribution in [3.05, 3.63) is 57.6 Å². The van der Waals surface area contributed by atoms with Crippen LogP contribution in [0.2, 0.25) is 0 Å². The van der Waals surface area contributed by atoms with Crippen molar-refractivity contribution < 1.29 is 129 Å². The van der Waals surface area contributed by atoms with Gasteiger partial charge in [-0.05, 0) is 18.2 Å². The van der Waals surface area contributed by atoms with Gasteiger partial charge < -0.3 is 105 Å². The van der Waals surface area contributed by atoms with Crippen molar-refractivity contribution in [2.24, 2.45) is 0 Å². The molecule has 0 spiro atoms. The van der Waals surface area contributed by atoms with Crippen LogP contribution in [0.3, 0.4) is 0 Å². The minimum absolute atomic E-state index is 0.368. The summed E-state index contributed by atoms with van der Waals surface area (Å²) in [5.41, 5.74) is -10.5. The Labute approximate surface area is 367 Å². The number of aliphatic hydroxyl groups is 2. The molecule has 26 heteroatoms. The van der Waals surface area contributed by atoms with Crippen molar-refractivity contribution >= 4 is 29.8 Å². The lowest BCUT2D eigenvalue weighted by atomic mass is 9.82. The molecule has 5 aliphatic heterocycles. The van der Waals surface area contributed by atoms with E-state index in [0.717, 1.165) is 0 Å². The molecule has 15 N–H and O–H groups in total. The molecule has 0 unspecified atom stereocenters. The maximum absolute atomic E-state index is 14.6. The Morgan fingerprint density at radius 1 is 0.373 bits per heavy atom. The molecule has 0 saturated carbocycles. The first kappa shape index (κ1) is 42.9. The van der Waals surface area contributed by atoms with Crippen molar-refractivity contribution in [1.29, 1.82) is 0 Å². The zero-order valence-electron chi connectivity index (χ0n) is 32.6. The average molecular weight is 935 g/mol. The Bertz CT molecular complexity index is 3150. The van der Waals surface area contributed by atoms with Gasteiger partial charge in [0.2, 0.25) is 34.5 Å². The lowest BCUT2D eigenvalue weighted by Gasteiger charge is -2.40. The lowest BCUT2D eigenvalue weighted by Crippen LogP contribution is -2.55. The predicted molar refractivity (Wildman–Crippen MR) is 206 cm³/mol. The van der Waals surface area contributed by atoms with Crippen molar-refractivity contribution in [2.75, 3.05) is 6.61 Å². The van der Waals surface area contributed by atoms with E-state index >= 15 is 0 Å². The molecule has 67 heavy (non-hydrogen) atoms. The second kappa shape index (κ2) is 14.6. The highest BCUT2D eigenvalue weighted by molar-refractivity contribution is 6.12. The SMILES string of the molecule is O=C1Oc2c(c(O)cc3c2-c2c(cc(O)c(O)c2O)C(=O)O[C@H]([C@H]2OC(=O)c4cc(O)c(O)c(O)c4-c4c(O)c(O)c(O)c5c4C(=O)O[C@@H]2[C@@H]5O)[C@H](O)COC3=O)Oc2c1cc(O)c(O)c2O. The van der Waals surface area contributed by atoms with Crippen LogP contribution in [-0.4, -0.2) is 137 Å². The average Bonchev–Trinajstić information content (AvgIpc) is 3.43. The summed E-state index contributed by atoms with van der Waals surface area (Å²) in [6.07, 6.45) is -12.9. The largest absolute Gasteiger partial charge is 0.504 e. The van der Waals surface area contributed by atoms with E-state index in [1.807, 2.05) is 0 Å². The van der Waals surface area contributed by atoms with Gasteiger partial charge >= 0.3 is 29.8 Å². The molecular weight excluding hydrogens is 908 g/mol. The molecular formula is C41H26O26. The molecule has 0 amide bonds. The molecule has 5 aromatic carbocycles. The van der Waals surface area contributed by atoms with Crippen LogP contribution in [0.4, 0.5) is 0 Å². The number of rotatable bonds is 1. The number of benzene rings is 5. The summed E-state index contributed by atoms with van der Waals surface area (Å²) in [6.45, 7) is -1.40. The number of phenolic OH excluding ortho intramolecular Hbond substituents is 13. The number of fused-ring (bicyclic) bond motifs is 9. The highest BCUT2D eigenvalue weighted by Crippen LogP contribution is 2.60. The van der Waals surface area contributed by atoms with Gasteiger partial charge in [0.1, 0.15) is 24.4 Å². The monoisotopic (exact) mass is 934 g/mol. The first-order valence-electron chi connectivity index (χ1n) is 18.7. The van der Waals surface area contributed by atoms with Gasteiger partial charge in [0.25, 0.3) is 0 Å². The van der Waals surface area contributed by atoms with Gasteiger partial charge in [0.05, 0.1) is 22.3 Å². The topological polar surface area (TPSA) is 444 Å². The van der Waals surface area contributed by atoms with Gasteiger partial charge in [-0.15, -0.1) is 0 Å². The molecule has 5 aromatic rings. The second-order valence-corrected chi connectivity index (χ2v) is 14.9. The molecule has 346 valence electrons. The highest BCUT2D eigenvalue weighted by atomic mass is 16.6. The molecule has 0 fully saturated rings. The number of carbonyl (C=O) groups is 5. The second-order valence-electron chi connectivity index (χ2n) is 14.9. The number of ether oxygens (including phenoxy) is 6. The Morgan fingerprint density at radius 2 is 0.851 bits per heavy atom. The number of hydrogen-bond acceptors (Lipinski definition) is 26. The van der Waals surface area contributed by atoms with Crippen LogP contribution >= 0.6 is 0 Å². The van der Waals surface area contributed by atoms with Crippen molar-refractivity contribution in [3.8, 4) is 114 Å². The van der Waals surface area contributed by atoms with E-state index in [4.69, 9.17) is 28.4 Å². The molecule has 0 aromatic heterocycles. The van der Waals surface area contributed by atoms with Crippen LogP contribution in [0.5, 0.6) is 92.0 Å². The van der Waals surface area contributed by atoms with Crippen LogP contribution in [0.1, 0.15) is 63.5 Å². The smallest absolute Gasteiger partial charge is 0.347 e. The summed E-state index contributed by atoms with van der Waals surface area (Å²) >= 11 is 0. The van der Waals surface area contributed by atoms with Gasteiger partial charge in [-0.1, -0.05) is 0 Å². The van der Waals surface area contributed by atoms with Crippen molar-refractivity contribution in [2.45, 2.75) is 30.5 Å². The van der Waals surface area contributed by atoms with Gasteiger partial charge in [-0.3, -0.25) is 0 Å². The minimum atomic E-state index is -2.65. The quantitative estimate of drug-likeness (QED) is 0.0488. The minimum Gasteiger partial charge on any atom is -0.504 e. The first-order valence-corrected chi connectivity index (χ1v) is 18.7. The molecule has 0 saturated heterocycles. The number of phenols is 13. The van der Waals surface area contributed by atoms with Gasteiger partial charge in [-0.25, -0.2) is 24.0 Å². The molecule has 5 aliphatic rings. The first-order chi connectivity index (χ1) is 31.5.